The van der Waals surface area contributed by atoms with Gasteiger partial charge in [-0.05, 0) is 38.4 Å². The number of hydrogen-bond donors (Lipinski definition) is 1. The molecule has 1 fully saturated rings. The fourth-order valence-electron chi connectivity index (χ4n) is 2.77. The lowest BCUT2D eigenvalue weighted by Crippen LogP contribution is -2.40. The first-order valence-electron chi connectivity index (χ1n) is 7.33. The highest BCUT2D eigenvalue weighted by molar-refractivity contribution is 5.95. The topological polar surface area (TPSA) is 84.7 Å². The van der Waals surface area contributed by atoms with Gasteiger partial charge in [0.2, 0.25) is 0 Å². The molecule has 0 bridgehead atoms. The van der Waals surface area contributed by atoms with Crippen molar-refractivity contribution >= 4 is 24.0 Å². The number of nitro benzene ring substituents is 1. The maximum Gasteiger partial charge on any atom is 0.310 e. The number of amides is 1. The predicted octanol–water partition coefficient (Wildman–Crippen LogP) is 2.10. The summed E-state index contributed by atoms with van der Waals surface area (Å²) in [6, 6.07) is 4.25. The van der Waals surface area contributed by atoms with E-state index in [-0.39, 0.29) is 29.8 Å². The number of carbonyl (C=O) groups excluding carboxylic acids is 1. The van der Waals surface area contributed by atoms with E-state index in [0.29, 0.717) is 24.6 Å². The molecule has 0 aromatic heterocycles. The molecule has 2 rings (SSSR count). The van der Waals surface area contributed by atoms with E-state index in [0.717, 1.165) is 19.4 Å². The lowest BCUT2D eigenvalue weighted by atomic mass is 9.96. The van der Waals surface area contributed by atoms with Crippen LogP contribution >= 0.6 is 12.4 Å². The largest absolute Gasteiger partial charge is 0.490 e. The van der Waals surface area contributed by atoms with Crippen molar-refractivity contribution in [1.82, 2.24) is 10.2 Å². The Kier molecular flexibility index (Phi) is 7.25. The van der Waals surface area contributed by atoms with Crippen LogP contribution in [0.5, 0.6) is 5.75 Å². The Morgan fingerprint density at radius 2 is 2.09 bits per heavy atom. The Morgan fingerprint density at radius 3 is 2.61 bits per heavy atom. The summed E-state index contributed by atoms with van der Waals surface area (Å²) in [4.78, 5) is 24.7. The van der Waals surface area contributed by atoms with E-state index in [1.807, 2.05) is 7.05 Å². The Labute approximate surface area is 141 Å². The minimum Gasteiger partial charge on any atom is -0.490 e. The summed E-state index contributed by atoms with van der Waals surface area (Å²) >= 11 is 0. The Morgan fingerprint density at radius 1 is 1.43 bits per heavy atom. The molecule has 0 unspecified atom stereocenters. The molecule has 0 atom stereocenters. The van der Waals surface area contributed by atoms with Crippen molar-refractivity contribution in [2.75, 3.05) is 33.8 Å². The quantitative estimate of drug-likeness (QED) is 0.653. The second-order valence-corrected chi connectivity index (χ2v) is 5.44. The average molecular weight is 344 g/mol. The van der Waals surface area contributed by atoms with Crippen LogP contribution in [-0.2, 0) is 0 Å². The summed E-state index contributed by atoms with van der Waals surface area (Å²) in [6.07, 6.45) is 1.94. The molecule has 23 heavy (non-hydrogen) atoms. The highest BCUT2D eigenvalue weighted by atomic mass is 35.5. The number of likely N-dealkylation sites (tertiary alicyclic amines) is 1. The number of methoxy groups -OCH3 is 1. The zero-order valence-corrected chi connectivity index (χ0v) is 14.1. The first-order valence-corrected chi connectivity index (χ1v) is 7.33. The van der Waals surface area contributed by atoms with Crippen molar-refractivity contribution in [1.29, 1.82) is 0 Å². The van der Waals surface area contributed by atoms with Gasteiger partial charge in [-0.3, -0.25) is 14.9 Å². The van der Waals surface area contributed by atoms with Gasteiger partial charge in [0.25, 0.3) is 5.91 Å². The molecule has 0 aliphatic carbocycles. The van der Waals surface area contributed by atoms with Gasteiger partial charge in [0.1, 0.15) is 0 Å². The van der Waals surface area contributed by atoms with Gasteiger partial charge in [0.05, 0.1) is 12.0 Å². The molecule has 1 saturated heterocycles. The van der Waals surface area contributed by atoms with E-state index in [1.165, 1.54) is 25.3 Å². The third-order valence-corrected chi connectivity index (χ3v) is 4.02. The number of rotatable bonds is 5. The fourth-order valence-corrected chi connectivity index (χ4v) is 2.77. The van der Waals surface area contributed by atoms with Crippen molar-refractivity contribution in [2.45, 2.75) is 12.8 Å². The zero-order chi connectivity index (χ0) is 16.1. The van der Waals surface area contributed by atoms with Gasteiger partial charge < -0.3 is 15.0 Å². The van der Waals surface area contributed by atoms with Crippen molar-refractivity contribution in [3.05, 3.63) is 33.9 Å². The molecule has 1 aliphatic heterocycles. The van der Waals surface area contributed by atoms with Crippen LogP contribution < -0.4 is 10.1 Å². The van der Waals surface area contributed by atoms with E-state index >= 15 is 0 Å². The standard InChI is InChI=1S/C15H21N3O4.ClH/c1-16-10-11-5-7-17(8-6-11)15(19)12-3-4-13(18(20)21)14(9-12)22-2;/h3-4,9,11,16H,5-8,10H2,1-2H3;1H. The molecule has 1 aromatic rings. The summed E-state index contributed by atoms with van der Waals surface area (Å²) < 4.78 is 5.01. The Balaban J connectivity index is 0.00000264. The third-order valence-electron chi connectivity index (χ3n) is 4.02. The first kappa shape index (κ1) is 19.2. The molecule has 1 aromatic carbocycles. The molecule has 128 valence electrons. The van der Waals surface area contributed by atoms with Crippen LogP contribution in [0.3, 0.4) is 0 Å². The van der Waals surface area contributed by atoms with Crippen LogP contribution in [0.25, 0.3) is 0 Å². The number of ether oxygens (including phenoxy) is 1. The van der Waals surface area contributed by atoms with Gasteiger partial charge in [-0.15, -0.1) is 12.4 Å². The summed E-state index contributed by atoms with van der Waals surface area (Å²) in [5, 5.41) is 14.0. The molecule has 1 heterocycles. The summed E-state index contributed by atoms with van der Waals surface area (Å²) in [6.45, 7) is 2.39. The summed E-state index contributed by atoms with van der Waals surface area (Å²) in [7, 11) is 3.29. The molecule has 8 heteroatoms. The lowest BCUT2D eigenvalue weighted by Gasteiger charge is -2.32. The first-order chi connectivity index (χ1) is 10.6. The van der Waals surface area contributed by atoms with Crippen molar-refractivity contribution in [2.24, 2.45) is 5.92 Å². The van der Waals surface area contributed by atoms with E-state index in [2.05, 4.69) is 5.32 Å². The number of nitro groups is 1. The molecular weight excluding hydrogens is 322 g/mol. The third kappa shape index (κ3) is 4.56. The van der Waals surface area contributed by atoms with Crippen molar-refractivity contribution in [3.8, 4) is 5.75 Å². The summed E-state index contributed by atoms with van der Waals surface area (Å²) in [5.41, 5.74) is 0.293. The number of nitrogens with one attached hydrogen (secondary N) is 1. The highest BCUT2D eigenvalue weighted by Crippen LogP contribution is 2.28. The molecular formula is C15H22ClN3O4. The Hall–Kier alpha value is -1.86. The molecule has 0 radical (unpaired) electrons. The van der Waals surface area contributed by atoms with Gasteiger partial charge >= 0.3 is 5.69 Å². The monoisotopic (exact) mass is 343 g/mol. The SMILES string of the molecule is CNCC1CCN(C(=O)c2ccc([N+](=O)[O-])c(OC)c2)CC1.Cl. The van der Waals surface area contributed by atoms with Gasteiger partial charge in [0, 0.05) is 30.8 Å². The minimum absolute atomic E-state index is 0. The Bertz CT molecular complexity index is 560. The molecule has 0 saturated carbocycles. The van der Waals surface area contributed by atoms with Crippen LogP contribution in [-0.4, -0.2) is 49.5 Å². The number of benzene rings is 1. The molecule has 1 amide bonds. The highest BCUT2D eigenvalue weighted by Gasteiger charge is 2.25. The van der Waals surface area contributed by atoms with Crippen LogP contribution in [0.2, 0.25) is 0 Å². The number of hydrogen-bond acceptors (Lipinski definition) is 5. The normalized spacial score (nSPS) is 15.0. The zero-order valence-electron chi connectivity index (χ0n) is 13.3. The van der Waals surface area contributed by atoms with Gasteiger partial charge in [-0.2, -0.15) is 0 Å². The van der Waals surface area contributed by atoms with E-state index in [4.69, 9.17) is 4.74 Å². The maximum absolute atomic E-state index is 12.5. The lowest BCUT2D eigenvalue weighted by molar-refractivity contribution is -0.385. The number of carbonyl (C=O) groups is 1. The average Bonchev–Trinajstić information content (AvgIpc) is 2.54. The molecule has 1 aliphatic rings. The van der Waals surface area contributed by atoms with Crippen LogP contribution in [0, 0.1) is 16.0 Å². The van der Waals surface area contributed by atoms with Crippen molar-refractivity contribution in [3.63, 3.8) is 0 Å². The molecule has 1 N–H and O–H groups in total. The molecule has 7 nitrogen and oxygen atoms in total. The van der Waals surface area contributed by atoms with Crippen LogP contribution in [0.15, 0.2) is 18.2 Å². The second-order valence-electron chi connectivity index (χ2n) is 5.44. The smallest absolute Gasteiger partial charge is 0.310 e. The predicted molar refractivity (Wildman–Crippen MR) is 89.5 cm³/mol. The summed E-state index contributed by atoms with van der Waals surface area (Å²) in [5.74, 6) is 0.609. The van der Waals surface area contributed by atoms with Gasteiger partial charge in [-0.25, -0.2) is 0 Å². The fraction of sp³-hybridized carbons (Fsp3) is 0.533. The van der Waals surface area contributed by atoms with E-state index in [1.54, 1.807) is 4.90 Å². The van der Waals surface area contributed by atoms with Crippen LogP contribution in [0.4, 0.5) is 5.69 Å². The number of halogens is 1. The van der Waals surface area contributed by atoms with Gasteiger partial charge in [-0.1, -0.05) is 0 Å². The van der Waals surface area contributed by atoms with E-state index in [9.17, 15) is 14.9 Å². The molecule has 0 spiro atoms. The van der Waals surface area contributed by atoms with Gasteiger partial charge in [0.15, 0.2) is 5.75 Å². The van der Waals surface area contributed by atoms with Crippen molar-refractivity contribution < 1.29 is 14.5 Å². The number of nitrogens with zero attached hydrogens (tertiary/aromatic N) is 2. The van der Waals surface area contributed by atoms with E-state index < -0.39 is 4.92 Å². The minimum atomic E-state index is -0.518. The second kappa shape index (κ2) is 8.69. The maximum atomic E-state index is 12.5. The van der Waals surface area contributed by atoms with Crippen LogP contribution in [0.1, 0.15) is 23.2 Å². The number of piperidine rings is 1.